The van der Waals surface area contributed by atoms with Crippen LogP contribution in [-0.4, -0.2) is 27.3 Å². The number of hydrogen-bond acceptors (Lipinski definition) is 3. The molecule has 0 aromatic heterocycles. The van der Waals surface area contributed by atoms with E-state index in [9.17, 15) is 0 Å². The molecule has 1 aromatic carbocycles. The standard InChI is InChI=1S/C12H19NO2/c1-4-13-6-5-10-7-11(14-2)9-12(8-10)15-3/h7-9,13H,4-6H2,1-3H3. The van der Waals surface area contributed by atoms with Crippen molar-refractivity contribution in [3.8, 4) is 11.5 Å². The van der Waals surface area contributed by atoms with Crippen molar-refractivity contribution in [3.05, 3.63) is 23.8 Å². The van der Waals surface area contributed by atoms with Crippen molar-refractivity contribution in [2.75, 3.05) is 27.3 Å². The van der Waals surface area contributed by atoms with E-state index in [0.29, 0.717) is 0 Å². The van der Waals surface area contributed by atoms with Gasteiger partial charge in [0.1, 0.15) is 11.5 Å². The minimum Gasteiger partial charge on any atom is -0.497 e. The summed E-state index contributed by atoms with van der Waals surface area (Å²) in [6.07, 6.45) is 0.987. The van der Waals surface area contributed by atoms with Gasteiger partial charge in [0.25, 0.3) is 0 Å². The summed E-state index contributed by atoms with van der Waals surface area (Å²) in [5, 5.41) is 3.29. The van der Waals surface area contributed by atoms with Crippen molar-refractivity contribution in [1.82, 2.24) is 5.32 Å². The molecule has 1 aromatic rings. The first-order valence-corrected chi connectivity index (χ1v) is 5.22. The van der Waals surface area contributed by atoms with Crippen LogP contribution in [0.2, 0.25) is 0 Å². The molecule has 84 valence electrons. The summed E-state index contributed by atoms with van der Waals surface area (Å²) in [7, 11) is 3.34. The SMILES string of the molecule is CCNCCc1cc(OC)cc(OC)c1. The summed E-state index contributed by atoms with van der Waals surface area (Å²) in [6, 6.07) is 5.97. The summed E-state index contributed by atoms with van der Waals surface area (Å²) >= 11 is 0. The normalized spacial score (nSPS) is 10.1. The van der Waals surface area contributed by atoms with Crippen LogP contribution in [0.25, 0.3) is 0 Å². The van der Waals surface area contributed by atoms with Gasteiger partial charge in [-0.1, -0.05) is 6.92 Å². The van der Waals surface area contributed by atoms with E-state index in [1.54, 1.807) is 14.2 Å². The first kappa shape index (κ1) is 11.9. The van der Waals surface area contributed by atoms with Crippen molar-refractivity contribution >= 4 is 0 Å². The van der Waals surface area contributed by atoms with Crippen LogP contribution in [0.4, 0.5) is 0 Å². The lowest BCUT2D eigenvalue weighted by Crippen LogP contribution is -2.16. The van der Waals surface area contributed by atoms with Gasteiger partial charge in [0.2, 0.25) is 0 Å². The second-order valence-corrected chi connectivity index (χ2v) is 3.32. The fourth-order valence-electron chi connectivity index (χ4n) is 1.42. The van der Waals surface area contributed by atoms with Crippen LogP contribution >= 0.6 is 0 Å². The summed E-state index contributed by atoms with van der Waals surface area (Å²) < 4.78 is 10.4. The first-order chi connectivity index (χ1) is 7.30. The average Bonchev–Trinajstić information content (AvgIpc) is 2.29. The average molecular weight is 209 g/mol. The van der Waals surface area contributed by atoms with E-state index in [2.05, 4.69) is 12.2 Å². The second-order valence-electron chi connectivity index (χ2n) is 3.32. The lowest BCUT2D eigenvalue weighted by Gasteiger charge is -2.08. The maximum Gasteiger partial charge on any atom is 0.122 e. The molecule has 0 aliphatic carbocycles. The smallest absolute Gasteiger partial charge is 0.122 e. The predicted octanol–water partition coefficient (Wildman–Crippen LogP) is 1.86. The van der Waals surface area contributed by atoms with Gasteiger partial charge in [-0.3, -0.25) is 0 Å². The van der Waals surface area contributed by atoms with Gasteiger partial charge in [0.15, 0.2) is 0 Å². The van der Waals surface area contributed by atoms with Crippen LogP contribution < -0.4 is 14.8 Å². The number of methoxy groups -OCH3 is 2. The van der Waals surface area contributed by atoms with E-state index in [1.807, 2.05) is 18.2 Å². The maximum absolute atomic E-state index is 5.20. The zero-order chi connectivity index (χ0) is 11.1. The largest absolute Gasteiger partial charge is 0.497 e. The predicted molar refractivity (Wildman–Crippen MR) is 61.8 cm³/mol. The van der Waals surface area contributed by atoms with Crippen molar-refractivity contribution in [2.45, 2.75) is 13.3 Å². The Morgan fingerprint density at radius 1 is 1.07 bits per heavy atom. The van der Waals surface area contributed by atoms with Crippen molar-refractivity contribution in [2.24, 2.45) is 0 Å². The third kappa shape index (κ3) is 3.80. The Kier molecular flexibility index (Phi) is 4.98. The molecule has 0 bridgehead atoms. The topological polar surface area (TPSA) is 30.5 Å². The monoisotopic (exact) mass is 209 g/mol. The zero-order valence-corrected chi connectivity index (χ0v) is 9.67. The van der Waals surface area contributed by atoms with Crippen molar-refractivity contribution in [1.29, 1.82) is 0 Å². The number of hydrogen-bond donors (Lipinski definition) is 1. The van der Waals surface area contributed by atoms with Gasteiger partial charge in [-0.15, -0.1) is 0 Å². The lowest BCUT2D eigenvalue weighted by atomic mass is 10.1. The van der Waals surface area contributed by atoms with Crippen molar-refractivity contribution in [3.63, 3.8) is 0 Å². The number of benzene rings is 1. The zero-order valence-electron chi connectivity index (χ0n) is 9.67. The molecular formula is C12H19NO2. The van der Waals surface area contributed by atoms with Gasteiger partial charge in [-0.05, 0) is 37.2 Å². The molecule has 0 unspecified atom stereocenters. The molecule has 0 radical (unpaired) electrons. The number of likely N-dealkylation sites (N-methyl/N-ethyl adjacent to an activating group) is 1. The van der Waals surface area contributed by atoms with Gasteiger partial charge in [-0.25, -0.2) is 0 Å². The van der Waals surface area contributed by atoms with Crippen LogP contribution in [0.15, 0.2) is 18.2 Å². The van der Waals surface area contributed by atoms with E-state index >= 15 is 0 Å². The Morgan fingerprint density at radius 3 is 2.13 bits per heavy atom. The Morgan fingerprint density at radius 2 is 1.67 bits per heavy atom. The van der Waals surface area contributed by atoms with Crippen LogP contribution in [0, 0.1) is 0 Å². The molecule has 0 spiro atoms. The molecular weight excluding hydrogens is 190 g/mol. The molecule has 0 aliphatic rings. The number of nitrogens with one attached hydrogen (secondary N) is 1. The van der Waals surface area contributed by atoms with E-state index < -0.39 is 0 Å². The third-order valence-corrected chi connectivity index (χ3v) is 2.25. The number of ether oxygens (including phenoxy) is 2. The van der Waals surface area contributed by atoms with Gasteiger partial charge in [0, 0.05) is 6.07 Å². The molecule has 0 heterocycles. The van der Waals surface area contributed by atoms with Crippen LogP contribution in [0.1, 0.15) is 12.5 Å². The Hall–Kier alpha value is -1.22. The summed E-state index contributed by atoms with van der Waals surface area (Å²) in [4.78, 5) is 0. The minimum atomic E-state index is 0.848. The molecule has 1 rings (SSSR count). The maximum atomic E-state index is 5.20. The third-order valence-electron chi connectivity index (χ3n) is 2.25. The van der Waals surface area contributed by atoms with E-state index in [0.717, 1.165) is 31.0 Å². The van der Waals surface area contributed by atoms with Crippen molar-refractivity contribution < 1.29 is 9.47 Å². The Labute approximate surface area is 91.4 Å². The highest BCUT2D eigenvalue weighted by Gasteiger charge is 2.01. The fourth-order valence-corrected chi connectivity index (χ4v) is 1.42. The van der Waals surface area contributed by atoms with Gasteiger partial charge >= 0.3 is 0 Å². The molecule has 0 saturated heterocycles. The van der Waals surface area contributed by atoms with E-state index in [4.69, 9.17) is 9.47 Å². The summed E-state index contributed by atoms with van der Waals surface area (Å²) in [6.45, 7) is 4.08. The number of rotatable bonds is 6. The van der Waals surface area contributed by atoms with Crippen LogP contribution in [0.3, 0.4) is 0 Å². The molecule has 3 nitrogen and oxygen atoms in total. The van der Waals surface area contributed by atoms with Gasteiger partial charge < -0.3 is 14.8 Å². The lowest BCUT2D eigenvalue weighted by molar-refractivity contribution is 0.393. The van der Waals surface area contributed by atoms with E-state index in [1.165, 1.54) is 5.56 Å². The molecule has 0 atom stereocenters. The fraction of sp³-hybridized carbons (Fsp3) is 0.500. The van der Waals surface area contributed by atoms with Crippen LogP contribution in [0.5, 0.6) is 11.5 Å². The summed E-state index contributed by atoms with van der Waals surface area (Å²) in [5.74, 6) is 1.70. The molecule has 15 heavy (non-hydrogen) atoms. The van der Waals surface area contributed by atoms with Gasteiger partial charge in [0.05, 0.1) is 14.2 Å². The van der Waals surface area contributed by atoms with E-state index in [-0.39, 0.29) is 0 Å². The highest BCUT2D eigenvalue weighted by Crippen LogP contribution is 2.22. The minimum absolute atomic E-state index is 0.848. The highest BCUT2D eigenvalue weighted by molar-refractivity contribution is 5.38. The highest BCUT2D eigenvalue weighted by atomic mass is 16.5. The summed E-state index contributed by atoms with van der Waals surface area (Å²) in [5.41, 5.74) is 1.23. The molecule has 0 saturated carbocycles. The van der Waals surface area contributed by atoms with Gasteiger partial charge in [-0.2, -0.15) is 0 Å². The Bertz CT molecular complexity index is 277. The molecule has 0 amide bonds. The quantitative estimate of drug-likeness (QED) is 0.725. The molecule has 3 heteroatoms. The Balaban J connectivity index is 2.68. The first-order valence-electron chi connectivity index (χ1n) is 5.22. The molecule has 0 fully saturated rings. The second kappa shape index (κ2) is 6.30. The molecule has 1 N–H and O–H groups in total. The van der Waals surface area contributed by atoms with Crippen LogP contribution in [-0.2, 0) is 6.42 Å². The molecule has 0 aliphatic heterocycles.